The molecule has 3 atom stereocenters. The van der Waals surface area contributed by atoms with Crippen molar-refractivity contribution in [3.8, 4) is 0 Å². The van der Waals surface area contributed by atoms with E-state index in [1.807, 2.05) is 19.1 Å². The summed E-state index contributed by atoms with van der Waals surface area (Å²) in [5.41, 5.74) is 1.76. The van der Waals surface area contributed by atoms with Crippen LogP contribution < -0.4 is 9.80 Å². The van der Waals surface area contributed by atoms with Crippen LogP contribution in [0.3, 0.4) is 0 Å². The van der Waals surface area contributed by atoms with Crippen LogP contribution in [0.2, 0.25) is 0 Å². The molecule has 0 spiro atoms. The summed E-state index contributed by atoms with van der Waals surface area (Å²) in [6.45, 7) is 15.9. The molecule has 1 unspecified atom stereocenters. The molecule has 0 N–H and O–H groups in total. The number of rotatable bonds is 4. The molecule has 0 saturated carbocycles. The molecule has 2 fully saturated rings. The zero-order chi connectivity index (χ0) is 26.9. The van der Waals surface area contributed by atoms with E-state index in [0.717, 1.165) is 28.7 Å². The van der Waals surface area contributed by atoms with Gasteiger partial charge in [0.2, 0.25) is 5.91 Å². The number of anilines is 3. The molecule has 0 radical (unpaired) electrons. The second kappa shape index (κ2) is 8.61. The lowest BCUT2D eigenvalue weighted by Crippen LogP contribution is -2.66. The van der Waals surface area contributed by atoms with Crippen LogP contribution in [0.5, 0.6) is 0 Å². The maximum absolute atomic E-state index is 13.4. The van der Waals surface area contributed by atoms with Crippen molar-refractivity contribution >= 4 is 33.2 Å². The number of hydrogen-bond donors (Lipinski definition) is 0. The highest BCUT2D eigenvalue weighted by atomic mass is 32.2. The van der Waals surface area contributed by atoms with Gasteiger partial charge in [0.05, 0.1) is 11.4 Å². The van der Waals surface area contributed by atoms with Gasteiger partial charge in [0, 0.05) is 42.7 Å². The zero-order valence-corrected chi connectivity index (χ0v) is 23.6. The Morgan fingerprint density at radius 1 is 1.03 bits per heavy atom. The summed E-state index contributed by atoms with van der Waals surface area (Å²) < 4.78 is 23.5. The largest absolute Gasteiger partial charge is 0.350 e. The topological polar surface area (TPSA) is 112 Å². The molecular formula is C26H37N7O3S. The third-order valence-electron chi connectivity index (χ3n) is 8.34. The Hall–Kier alpha value is -2.82. The highest BCUT2D eigenvalue weighted by molar-refractivity contribution is 7.95. The van der Waals surface area contributed by atoms with Crippen LogP contribution in [0, 0.1) is 0 Å². The van der Waals surface area contributed by atoms with Crippen molar-refractivity contribution in [3.05, 3.63) is 29.7 Å². The molecular weight excluding hydrogens is 490 g/mol. The lowest BCUT2D eigenvalue weighted by Gasteiger charge is -2.49. The Morgan fingerprint density at radius 2 is 1.73 bits per heavy atom. The fraction of sp³-hybridized carbons (Fsp3) is 0.654. The standard InChI is InChI=1S/C26H37N7O3S/c1-16(2)19-8-9-20(30-29-19)33-14-25(5,6)21-22(27-15-28-23(21)33)31-12-18(4)32(13-17(31)3)24(34)26(7)10-11-37(26,35)36/h8-9,15-18H,10-14H2,1-7H3/t17-,18+,26?/m0/s1. The second-order valence-corrected chi connectivity index (χ2v) is 14.5. The van der Waals surface area contributed by atoms with Crippen LogP contribution in [0.25, 0.3) is 0 Å². The normalized spacial score (nSPS) is 28.3. The molecule has 11 heteroatoms. The first-order chi connectivity index (χ1) is 17.3. The molecule has 0 aliphatic carbocycles. The minimum atomic E-state index is -3.38. The van der Waals surface area contributed by atoms with E-state index >= 15 is 0 Å². The highest BCUT2D eigenvalue weighted by Crippen LogP contribution is 2.47. The Labute approximate surface area is 219 Å². The van der Waals surface area contributed by atoms with Gasteiger partial charge in [-0.25, -0.2) is 18.4 Å². The molecule has 2 aromatic rings. The van der Waals surface area contributed by atoms with Crippen molar-refractivity contribution < 1.29 is 13.2 Å². The molecule has 3 aliphatic rings. The van der Waals surface area contributed by atoms with Gasteiger partial charge in [-0.2, -0.15) is 5.10 Å². The van der Waals surface area contributed by atoms with Crippen molar-refractivity contribution in [2.24, 2.45) is 0 Å². The molecule has 5 rings (SSSR count). The fourth-order valence-electron chi connectivity index (χ4n) is 5.74. The first-order valence-corrected chi connectivity index (χ1v) is 14.7. The van der Waals surface area contributed by atoms with Crippen molar-refractivity contribution in [2.75, 3.05) is 35.2 Å². The highest BCUT2D eigenvalue weighted by Gasteiger charge is 2.57. The number of sulfone groups is 1. The number of carbonyl (C=O) groups excluding carboxylic acids is 1. The lowest BCUT2D eigenvalue weighted by atomic mass is 9.87. The summed E-state index contributed by atoms with van der Waals surface area (Å²) in [6, 6.07) is 3.82. The molecule has 0 bridgehead atoms. The molecule has 200 valence electrons. The Balaban J connectivity index is 1.45. The molecule has 0 aromatic carbocycles. The van der Waals surface area contributed by atoms with Gasteiger partial charge in [-0.05, 0) is 45.2 Å². The van der Waals surface area contributed by atoms with Gasteiger partial charge in [0.25, 0.3) is 0 Å². The molecule has 37 heavy (non-hydrogen) atoms. The van der Waals surface area contributed by atoms with E-state index in [2.05, 4.69) is 59.6 Å². The van der Waals surface area contributed by atoms with Gasteiger partial charge >= 0.3 is 0 Å². The molecule has 3 aliphatic heterocycles. The quantitative estimate of drug-likeness (QED) is 0.592. The smallest absolute Gasteiger partial charge is 0.244 e. The van der Waals surface area contributed by atoms with Crippen LogP contribution in [0.4, 0.5) is 17.5 Å². The molecule has 2 aromatic heterocycles. The number of piperazine rings is 1. The average Bonchev–Trinajstić information content (AvgIpc) is 3.14. The van der Waals surface area contributed by atoms with Gasteiger partial charge in [-0.3, -0.25) is 4.79 Å². The second-order valence-electron chi connectivity index (χ2n) is 11.9. The molecule has 1 amide bonds. The summed E-state index contributed by atoms with van der Waals surface area (Å²) in [5, 5.41) is 8.92. The molecule has 10 nitrogen and oxygen atoms in total. The Kier molecular flexibility index (Phi) is 6.01. The first kappa shape index (κ1) is 25.8. The maximum atomic E-state index is 13.4. The number of aromatic nitrogens is 4. The third-order valence-corrected chi connectivity index (χ3v) is 10.8. The zero-order valence-electron chi connectivity index (χ0n) is 22.8. The predicted octanol–water partition coefficient (Wildman–Crippen LogP) is 2.82. The number of fused-ring (bicyclic) bond motifs is 1. The van der Waals surface area contributed by atoms with E-state index in [1.54, 1.807) is 18.2 Å². The van der Waals surface area contributed by atoms with E-state index in [-0.39, 0.29) is 29.2 Å². The minimum absolute atomic E-state index is 0.0412. The van der Waals surface area contributed by atoms with Gasteiger partial charge in [-0.15, -0.1) is 5.10 Å². The predicted molar refractivity (Wildman–Crippen MR) is 143 cm³/mol. The lowest BCUT2D eigenvalue weighted by molar-refractivity contribution is -0.137. The van der Waals surface area contributed by atoms with Crippen molar-refractivity contribution in [2.45, 2.75) is 83.1 Å². The monoisotopic (exact) mass is 527 g/mol. The SMILES string of the molecule is CC(C)c1ccc(N2CC(C)(C)c3c2ncnc3N2C[C@@H](C)N(C(=O)C3(C)CCS3(=O)=O)C[C@@H]2C)nn1. The van der Waals surface area contributed by atoms with E-state index in [0.29, 0.717) is 32.0 Å². The maximum Gasteiger partial charge on any atom is 0.244 e. The summed E-state index contributed by atoms with van der Waals surface area (Å²) >= 11 is 0. The van der Waals surface area contributed by atoms with E-state index < -0.39 is 14.6 Å². The number of hydrogen-bond acceptors (Lipinski definition) is 9. The van der Waals surface area contributed by atoms with Gasteiger partial charge in [0.15, 0.2) is 15.7 Å². The van der Waals surface area contributed by atoms with Crippen LogP contribution in [0.1, 0.15) is 72.1 Å². The van der Waals surface area contributed by atoms with Crippen LogP contribution in [-0.4, -0.2) is 81.6 Å². The van der Waals surface area contributed by atoms with Gasteiger partial charge < -0.3 is 14.7 Å². The van der Waals surface area contributed by atoms with Crippen LogP contribution in [-0.2, 0) is 20.0 Å². The number of nitrogens with zero attached hydrogens (tertiary/aromatic N) is 7. The molecule has 2 saturated heterocycles. The fourth-order valence-corrected chi connectivity index (χ4v) is 7.28. The van der Waals surface area contributed by atoms with Gasteiger partial charge in [-0.1, -0.05) is 27.7 Å². The minimum Gasteiger partial charge on any atom is -0.350 e. The van der Waals surface area contributed by atoms with Crippen molar-refractivity contribution in [1.82, 2.24) is 25.1 Å². The van der Waals surface area contributed by atoms with Crippen LogP contribution >= 0.6 is 0 Å². The Bertz CT molecular complexity index is 1330. The average molecular weight is 528 g/mol. The van der Waals surface area contributed by atoms with E-state index in [4.69, 9.17) is 4.98 Å². The summed E-state index contributed by atoms with van der Waals surface area (Å²) in [7, 11) is -3.38. The van der Waals surface area contributed by atoms with Crippen molar-refractivity contribution in [3.63, 3.8) is 0 Å². The molecule has 5 heterocycles. The summed E-state index contributed by atoms with van der Waals surface area (Å²) in [5.74, 6) is 2.56. The van der Waals surface area contributed by atoms with E-state index in [9.17, 15) is 13.2 Å². The number of amides is 1. The van der Waals surface area contributed by atoms with Crippen molar-refractivity contribution in [1.29, 1.82) is 0 Å². The summed E-state index contributed by atoms with van der Waals surface area (Å²) in [4.78, 5) is 28.9. The Morgan fingerprint density at radius 3 is 2.30 bits per heavy atom. The van der Waals surface area contributed by atoms with E-state index in [1.165, 1.54) is 0 Å². The third kappa shape index (κ3) is 3.97. The number of carbonyl (C=O) groups is 1. The van der Waals surface area contributed by atoms with Crippen LogP contribution in [0.15, 0.2) is 18.5 Å². The first-order valence-electron chi connectivity index (χ1n) is 13.0. The van der Waals surface area contributed by atoms with Gasteiger partial charge in [0.1, 0.15) is 22.7 Å². The summed E-state index contributed by atoms with van der Waals surface area (Å²) in [6.07, 6.45) is 1.98.